The fraction of sp³-hybridized carbons (Fsp3) is 0.143. The Labute approximate surface area is 217 Å². The van der Waals surface area contributed by atoms with Crippen molar-refractivity contribution in [2.24, 2.45) is 0 Å². The van der Waals surface area contributed by atoms with Gasteiger partial charge in [-0.3, -0.25) is 15.1 Å². The van der Waals surface area contributed by atoms with E-state index in [9.17, 15) is 4.39 Å². The number of nitrogens with zero attached hydrogens (tertiary/aromatic N) is 4. The zero-order valence-electron chi connectivity index (χ0n) is 20.6. The lowest BCUT2D eigenvalue weighted by molar-refractivity contribution is 0.657. The molecule has 0 saturated carbocycles. The van der Waals surface area contributed by atoms with Gasteiger partial charge in [-0.25, -0.2) is 4.98 Å². The van der Waals surface area contributed by atoms with Gasteiger partial charge in [0.1, 0.15) is 16.9 Å². The van der Waals surface area contributed by atoms with Crippen molar-refractivity contribution in [3.05, 3.63) is 83.0 Å². The highest BCUT2D eigenvalue weighted by molar-refractivity contribution is 7.13. The Bertz CT molecular complexity index is 1740. The van der Waals surface area contributed by atoms with Crippen molar-refractivity contribution in [1.29, 1.82) is 0 Å². The van der Waals surface area contributed by atoms with E-state index in [4.69, 9.17) is 4.98 Å². The molecule has 0 atom stereocenters. The summed E-state index contributed by atoms with van der Waals surface area (Å²) in [5.41, 5.74) is 6.18. The normalized spacial score (nSPS) is 12.4. The number of H-pyrrole nitrogens is 2. The first-order chi connectivity index (χ1) is 18.0. The summed E-state index contributed by atoms with van der Waals surface area (Å²) < 4.78 is 13.7. The highest BCUT2D eigenvalue weighted by Crippen LogP contribution is 2.31. The lowest BCUT2D eigenvalue weighted by Crippen LogP contribution is -2.23. The SMILES string of the molecule is C=C(CCC)Nc1cncc(C(=C)/C=c2/c(-c3nc4c(-c5ccc(F)s5)nccc4[nH]3)n[nH]/c2=C/C)c1. The molecule has 0 aliphatic heterocycles. The average molecular weight is 512 g/mol. The van der Waals surface area contributed by atoms with E-state index in [-0.39, 0.29) is 5.13 Å². The van der Waals surface area contributed by atoms with Crippen molar-refractivity contribution in [3.63, 3.8) is 0 Å². The molecule has 7 nitrogen and oxygen atoms in total. The number of pyridine rings is 2. The molecular formula is C28H26FN7S. The van der Waals surface area contributed by atoms with Gasteiger partial charge in [0, 0.05) is 28.9 Å². The molecule has 186 valence electrons. The Morgan fingerprint density at radius 2 is 2.05 bits per heavy atom. The standard InChI is InChI=1S/C28H26FN7S/c1-5-7-17(4)32-19-13-18(14-30-15-19)16(3)12-20-21(6-2)35-36-25(20)28-33-22-10-11-31-27(26(22)34-28)23-8-9-24(29)37-23/h6,8-15,32,35H,3-5,7H2,1-2H3,(H,33,34)/b20-12+,21-6+. The average Bonchev–Trinajstić information content (AvgIpc) is 3.61. The first-order valence-electron chi connectivity index (χ1n) is 11.9. The number of anilines is 1. The van der Waals surface area contributed by atoms with Gasteiger partial charge in [-0.1, -0.05) is 32.6 Å². The summed E-state index contributed by atoms with van der Waals surface area (Å²) in [7, 11) is 0. The summed E-state index contributed by atoms with van der Waals surface area (Å²) in [6.45, 7) is 12.4. The van der Waals surface area contributed by atoms with Crippen LogP contribution in [0.4, 0.5) is 10.1 Å². The molecular weight excluding hydrogens is 485 g/mol. The van der Waals surface area contributed by atoms with Crippen LogP contribution in [0, 0.1) is 5.13 Å². The number of aromatic nitrogens is 6. The second-order valence-corrected chi connectivity index (χ2v) is 9.58. The molecule has 5 heterocycles. The highest BCUT2D eigenvalue weighted by atomic mass is 32.1. The number of fused-ring (bicyclic) bond motifs is 1. The molecule has 37 heavy (non-hydrogen) atoms. The number of halogens is 1. The smallest absolute Gasteiger partial charge is 0.177 e. The van der Waals surface area contributed by atoms with Gasteiger partial charge in [0.25, 0.3) is 0 Å². The molecule has 0 amide bonds. The Morgan fingerprint density at radius 1 is 1.19 bits per heavy atom. The number of aromatic amines is 2. The molecule has 0 aliphatic carbocycles. The van der Waals surface area contributed by atoms with Crippen LogP contribution in [-0.2, 0) is 0 Å². The third kappa shape index (κ3) is 4.99. The maximum atomic E-state index is 13.7. The molecule has 0 fully saturated rings. The van der Waals surface area contributed by atoms with E-state index in [1.807, 2.05) is 31.2 Å². The summed E-state index contributed by atoms with van der Waals surface area (Å²) >= 11 is 1.04. The van der Waals surface area contributed by atoms with Crippen molar-refractivity contribution >= 4 is 45.8 Å². The van der Waals surface area contributed by atoms with Crippen LogP contribution in [0.2, 0.25) is 0 Å². The molecule has 0 aliphatic rings. The van der Waals surface area contributed by atoms with Gasteiger partial charge in [-0.05, 0) is 49.3 Å². The van der Waals surface area contributed by atoms with Gasteiger partial charge < -0.3 is 10.3 Å². The van der Waals surface area contributed by atoms with Crippen LogP contribution < -0.4 is 15.9 Å². The number of allylic oxidation sites excluding steroid dienone is 2. The Morgan fingerprint density at radius 3 is 2.81 bits per heavy atom. The van der Waals surface area contributed by atoms with E-state index in [1.54, 1.807) is 24.7 Å². The molecule has 0 saturated heterocycles. The zero-order chi connectivity index (χ0) is 25.9. The van der Waals surface area contributed by atoms with Gasteiger partial charge in [-0.2, -0.15) is 9.49 Å². The molecule has 5 rings (SSSR count). The van der Waals surface area contributed by atoms with E-state index in [2.05, 4.69) is 50.5 Å². The largest absolute Gasteiger partial charge is 0.358 e. The Hall–Kier alpha value is -4.37. The summed E-state index contributed by atoms with van der Waals surface area (Å²) in [5.74, 6) is 0.578. The van der Waals surface area contributed by atoms with Gasteiger partial charge >= 0.3 is 0 Å². The van der Waals surface area contributed by atoms with Crippen LogP contribution in [-0.4, -0.2) is 30.1 Å². The number of rotatable bonds is 8. The molecule has 0 bridgehead atoms. The maximum absolute atomic E-state index is 13.7. The monoisotopic (exact) mass is 511 g/mol. The summed E-state index contributed by atoms with van der Waals surface area (Å²) in [6.07, 6.45) is 11.1. The lowest BCUT2D eigenvalue weighted by atomic mass is 10.1. The van der Waals surface area contributed by atoms with Crippen LogP contribution in [0.25, 0.3) is 50.8 Å². The second-order valence-electron chi connectivity index (χ2n) is 8.54. The lowest BCUT2D eigenvalue weighted by Gasteiger charge is -2.09. The quantitative estimate of drug-likeness (QED) is 0.251. The molecule has 5 aromatic heterocycles. The van der Waals surface area contributed by atoms with Crippen LogP contribution in [0.15, 0.2) is 61.7 Å². The minimum absolute atomic E-state index is 0.265. The predicted molar refractivity (Wildman–Crippen MR) is 150 cm³/mol. The zero-order valence-corrected chi connectivity index (χ0v) is 21.4. The van der Waals surface area contributed by atoms with Crippen molar-refractivity contribution in [1.82, 2.24) is 30.1 Å². The van der Waals surface area contributed by atoms with E-state index < -0.39 is 0 Å². The number of imidazole rings is 1. The molecule has 0 radical (unpaired) electrons. The molecule has 5 aromatic rings. The molecule has 0 unspecified atom stereocenters. The predicted octanol–water partition coefficient (Wildman–Crippen LogP) is 5.63. The molecule has 3 N–H and O–H groups in total. The molecule has 0 aromatic carbocycles. The summed E-state index contributed by atoms with van der Waals surface area (Å²) in [4.78, 5) is 17.7. The van der Waals surface area contributed by atoms with Crippen LogP contribution in [0.5, 0.6) is 0 Å². The van der Waals surface area contributed by atoms with Gasteiger partial charge in [0.15, 0.2) is 11.0 Å². The maximum Gasteiger partial charge on any atom is 0.177 e. The fourth-order valence-electron chi connectivity index (χ4n) is 4.09. The van der Waals surface area contributed by atoms with E-state index in [1.165, 1.54) is 6.07 Å². The van der Waals surface area contributed by atoms with E-state index in [0.717, 1.165) is 62.8 Å². The minimum atomic E-state index is -0.265. The number of hydrogen-bond donors (Lipinski definition) is 3. The van der Waals surface area contributed by atoms with Crippen LogP contribution in [0.1, 0.15) is 32.3 Å². The van der Waals surface area contributed by atoms with Gasteiger partial charge in [0.05, 0.1) is 27.6 Å². The topological polar surface area (TPSA) is 95.2 Å². The first-order valence-corrected chi connectivity index (χ1v) is 12.7. The Balaban J connectivity index is 1.55. The number of nitrogens with one attached hydrogen (secondary N) is 3. The second kappa shape index (κ2) is 10.3. The number of hydrogen-bond acceptors (Lipinski definition) is 6. The van der Waals surface area contributed by atoms with Crippen molar-refractivity contribution < 1.29 is 4.39 Å². The third-order valence-electron chi connectivity index (χ3n) is 5.85. The molecule has 0 spiro atoms. The fourth-order valence-corrected chi connectivity index (χ4v) is 4.82. The highest BCUT2D eigenvalue weighted by Gasteiger charge is 2.16. The van der Waals surface area contributed by atoms with Gasteiger partial charge in [0.2, 0.25) is 0 Å². The van der Waals surface area contributed by atoms with E-state index >= 15 is 0 Å². The van der Waals surface area contributed by atoms with E-state index in [0.29, 0.717) is 27.6 Å². The van der Waals surface area contributed by atoms with Crippen molar-refractivity contribution in [2.45, 2.75) is 26.7 Å². The van der Waals surface area contributed by atoms with Crippen LogP contribution >= 0.6 is 11.3 Å². The molecule has 9 heteroatoms. The Kier molecular flexibility index (Phi) is 6.78. The minimum Gasteiger partial charge on any atom is -0.358 e. The van der Waals surface area contributed by atoms with Gasteiger partial charge in [-0.15, -0.1) is 11.3 Å². The van der Waals surface area contributed by atoms with Crippen LogP contribution in [0.3, 0.4) is 0 Å². The number of thiophene rings is 1. The first kappa shape index (κ1) is 24.3. The van der Waals surface area contributed by atoms with Crippen molar-refractivity contribution in [3.8, 4) is 22.1 Å². The van der Waals surface area contributed by atoms with Crippen molar-refractivity contribution in [2.75, 3.05) is 5.32 Å². The third-order valence-corrected chi connectivity index (χ3v) is 6.73. The summed E-state index contributed by atoms with van der Waals surface area (Å²) in [6, 6.07) is 6.99. The summed E-state index contributed by atoms with van der Waals surface area (Å²) in [5, 5.41) is 12.4.